The third-order valence-electron chi connectivity index (χ3n) is 1.12. The van der Waals surface area contributed by atoms with Gasteiger partial charge in [0.25, 0.3) is 0 Å². The first-order valence-electron chi connectivity index (χ1n) is 3.75. The predicted octanol–water partition coefficient (Wildman–Crippen LogP) is -0.0585. The molecule has 3 amide bonds. The summed E-state index contributed by atoms with van der Waals surface area (Å²) < 4.78 is 34.5. The molecule has 0 radical (unpaired) electrons. The van der Waals surface area contributed by atoms with E-state index in [1.807, 2.05) is 5.32 Å². The van der Waals surface area contributed by atoms with Crippen molar-refractivity contribution in [1.29, 1.82) is 0 Å². The first kappa shape index (κ1) is 12.5. The van der Waals surface area contributed by atoms with Gasteiger partial charge in [0, 0.05) is 13.1 Å². The van der Waals surface area contributed by atoms with Crippen molar-refractivity contribution in [2.45, 2.75) is 12.7 Å². The van der Waals surface area contributed by atoms with Crippen molar-refractivity contribution in [3.63, 3.8) is 0 Å². The minimum absolute atomic E-state index is 0.0583. The summed E-state index contributed by atoms with van der Waals surface area (Å²) in [6, 6.07) is -1.30. The number of halogens is 3. The predicted molar refractivity (Wildman–Crippen MR) is 41.3 cm³/mol. The topological polar surface area (TPSA) is 70.2 Å². The molecule has 0 aliphatic carbocycles. The third kappa shape index (κ3) is 8.62. The molecule has 0 bridgehead atoms. The van der Waals surface area contributed by atoms with Crippen LogP contribution in [0.4, 0.5) is 18.0 Å². The molecule has 0 spiro atoms. The van der Waals surface area contributed by atoms with Crippen LogP contribution in [0.15, 0.2) is 0 Å². The standard InChI is InChI=1S/C6H10F3N3O2/c7-6(8,9)12-5(14)11-3-1-2-10-4-13/h4H,1-3H2,(H,10,13)(H2,11,12,14). The van der Waals surface area contributed by atoms with E-state index in [4.69, 9.17) is 0 Å². The summed E-state index contributed by atoms with van der Waals surface area (Å²) in [6.07, 6.45) is -3.88. The monoisotopic (exact) mass is 213 g/mol. The lowest BCUT2D eigenvalue weighted by atomic mass is 10.4. The Hall–Kier alpha value is -1.47. The van der Waals surface area contributed by atoms with Crippen LogP contribution in [0.5, 0.6) is 0 Å². The van der Waals surface area contributed by atoms with E-state index in [9.17, 15) is 22.8 Å². The van der Waals surface area contributed by atoms with Gasteiger partial charge >= 0.3 is 12.3 Å². The van der Waals surface area contributed by atoms with Crippen LogP contribution in [-0.2, 0) is 4.79 Å². The second kappa shape index (κ2) is 6.06. The first-order chi connectivity index (χ1) is 6.45. The molecule has 8 heteroatoms. The summed E-state index contributed by atoms with van der Waals surface area (Å²) in [5.41, 5.74) is 0. The number of hydrogen-bond donors (Lipinski definition) is 3. The zero-order valence-electron chi connectivity index (χ0n) is 7.15. The van der Waals surface area contributed by atoms with Crippen LogP contribution >= 0.6 is 0 Å². The number of alkyl halides is 3. The molecule has 0 saturated heterocycles. The van der Waals surface area contributed by atoms with E-state index in [0.717, 1.165) is 5.32 Å². The van der Waals surface area contributed by atoms with Gasteiger partial charge in [-0.2, -0.15) is 13.2 Å². The summed E-state index contributed by atoms with van der Waals surface area (Å²) >= 11 is 0. The summed E-state index contributed by atoms with van der Waals surface area (Å²) in [5, 5.41) is 5.04. The Bertz CT molecular complexity index is 195. The van der Waals surface area contributed by atoms with E-state index in [1.165, 1.54) is 0 Å². The molecule has 14 heavy (non-hydrogen) atoms. The van der Waals surface area contributed by atoms with E-state index < -0.39 is 12.3 Å². The number of nitrogens with one attached hydrogen (secondary N) is 3. The largest absolute Gasteiger partial charge is 0.485 e. The van der Waals surface area contributed by atoms with Gasteiger partial charge in [-0.05, 0) is 6.42 Å². The second-order valence-electron chi connectivity index (χ2n) is 2.30. The highest BCUT2D eigenvalue weighted by molar-refractivity contribution is 5.74. The zero-order chi connectivity index (χ0) is 11.0. The average molecular weight is 213 g/mol. The van der Waals surface area contributed by atoms with Crippen molar-refractivity contribution in [3.05, 3.63) is 0 Å². The van der Waals surface area contributed by atoms with Crippen LogP contribution in [0.1, 0.15) is 6.42 Å². The van der Waals surface area contributed by atoms with Crippen LogP contribution in [0, 0.1) is 0 Å². The lowest BCUT2D eigenvalue weighted by molar-refractivity contribution is -0.145. The first-order valence-corrected chi connectivity index (χ1v) is 3.75. The maximum Gasteiger partial charge on any atom is 0.485 e. The van der Waals surface area contributed by atoms with Gasteiger partial charge in [0.2, 0.25) is 6.41 Å². The van der Waals surface area contributed by atoms with Gasteiger partial charge in [-0.1, -0.05) is 0 Å². The normalized spacial score (nSPS) is 10.5. The van der Waals surface area contributed by atoms with Gasteiger partial charge < -0.3 is 10.6 Å². The smallest absolute Gasteiger partial charge is 0.359 e. The molecule has 5 nitrogen and oxygen atoms in total. The van der Waals surface area contributed by atoms with Crippen molar-refractivity contribution in [2.24, 2.45) is 0 Å². The molecule has 0 rings (SSSR count). The van der Waals surface area contributed by atoms with Gasteiger partial charge in [0.1, 0.15) is 0 Å². The molecule has 0 aromatic carbocycles. The van der Waals surface area contributed by atoms with Crippen LogP contribution in [0.3, 0.4) is 0 Å². The van der Waals surface area contributed by atoms with E-state index >= 15 is 0 Å². The average Bonchev–Trinajstić information content (AvgIpc) is 2.00. The number of hydrogen-bond acceptors (Lipinski definition) is 2. The highest BCUT2D eigenvalue weighted by atomic mass is 19.4. The fourth-order valence-corrected chi connectivity index (χ4v) is 0.624. The maximum absolute atomic E-state index is 11.5. The Morgan fingerprint density at radius 3 is 2.43 bits per heavy atom. The van der Waals surface area contributed by atoms with E-state index in [2.05, 4.69) is 5.32 Å². The molecule has 0 aromatic heterocycles. The van der Waals surface area contributed by atoms with Gasteiger partial charge in [-0.25, -0.2) is 10.1 Å². The Morgan fingerprint density at radius 1 is 1.29 bits per heavy atom. The highest BCUT2D eigenvalue weighted by Gasteiger charge is 2.29. The van der Waals surface area contributed by atoms with Crippen molar-refractivity contribution in [1.82, 2.24) is 16.0 Å². The molecule has 0 atom stereocenters. The Morgan fingerprint density at radius 2 is 1.93 bits per heavy atom. The molecule has 0 aliphatic rings. The summed E-state index contributed by atoms with van der Waals surface area (Å²) in [6.45, 7) is 0.360. The van der Waals surface area contributed by atoms with Crippen molar-refractivity contribution >= 4 is 12.4 Å². The lowest BCUT2D eigenvalue weighted by Gasteiger charge is -2.09. The number of carbonyl (C=O) groups excluding carboxylic acids is 2. The van der Waals surface area contributed by atoms with Crippen LogP contribution in [-0.4, -0.2) is 31.8 Å². The molecular formula is C6H10F3N3O2. The summed E-state index contributed by atoms with van der Waals surface area (Å²) in [5.74, 6) is 0. The third-order valence-corrected chi connectivity index (χ3v) is 1.12. The van der Waals surface area contributed by atoms with E-state index in [0.29, 0.717) is 19.4 Å². The molecule has 3 N–H and O–H groups in total. The Labute approximate surface area is 78.0 Å². The van der Waals surface area contributed by atoms with Crippen LogP contribution < -0.4 is 16.0 Å². The maximum atomic E-state index is 11.5. The molecule has 0 saturated carbocycles. The van der Waals surface area contributed by atoms with Crippen molar-refractivity contribution in [2.75, 3.05) is 13.1 Å². The number of carbonyl (C=O) groups is 2. The van der Waals surface area contributed by atoms with Gasteiger partial charge in [0.15, 0.2) is 0 Å². The quantitative estimate of drug-likeness (QED) is 0.340. The molecule has 0 fully saturated rings. The number of urea groups is 1. The van der Waals surface area contributed by atoms with Crippen molar-refractivity contribution < 1.29 is 22.8 Å². The molecule has 0 unspecified atom stereocenters. The molecule has 82 valence electrons. The lowest BCUT2D eigenvalue weighted by Crippen LogP contribution is -2.44. The van der Waals surface area contributed by atoms with E-state index in [-0.39, 0.29) is 6.54 Å². The molecule has 0 aromatic rings. The van der Waals surface area contributed by atoms with Crippen LogP contribution in [0.25, 0.3) is 0 Å². The van der Waals surface area contributed by atoms with Gasteiger partial charge in [-0.15, -0.1) is 0 Å². The number of rotatable bonds is 5. The van der Waals surface area contributed by atoms with Gasteiger partial charge in [0.05, 0.1) is 0 Å². The van der Waals surface area contributed by atoms with E-state index in [1.54, 1.807) is 0 Å². The highest BCUT2D eigenvalue weighted by Crippen LogP contribution is 2.08. The fourth-order valence-electron chi connectivity index (χ4n) is 0.624. The molecule has 0 aliphatic heterocycles. The van der Waals surface area contributed by atoms with Gasteiger partial charge in [-0.3, -0.25) is 4.79 Å². The molecular weight excluding hydrogens is 203 g/mol. The minimum Gasteiger partial charge on any atom is -0.359 e. The zero-order valence-corrected chi connectivity index (χ0v) is 7.15. The SMILES string of the molecule is O=CNCCCNC(=O)NC(F)(F)F. The van der Waals surface area contributed by atoms with Crippen molar-refractivity contribution in [3.8, 4) is 0 Å². The number of amides is 3. The fraction of sp³-hybridized carbons (Fsp3) is 0.667. The summed E-state index contributed by atoms with van der Waals surface area (Å²) in [7, 11) is 0. The Kier molecular flexibility index (Phi) is 5.42. The minimum atomic E-state index is -4.72. The second-order valence-corrected chi connectivity index (χ2v) is 2.30. The Balaban J connectivity index is 3.41. The van der Waals surface area contributed by atoms with Crippen LogP contribution in [0.2, 0.25) is 0 Å². The molecule has 0 heterocycles. The summed E-state index contributed by atoms with van der Waals surface area (Å²) in [4.78, 5) is 20.2.